The normalized spacial score (nSPS) is 10.4. The largest absolute Gasteiger partial charge is 0.494 e. The van der Waals surface area contributed by atoms with Gasteiger partial charge >= 0.3 is 5.97 Å². The lowest BCUT2D eigenvalue weighted by molar-refractivity contribution is -0.133. The summed E-state index contributed by atoms with van der Waals surface area (Å²) in [6, 6.07) is 15.2. The Morgan fingerprint density at radius 2 is 1.76 bits per heavy atom. The molecule has 2 aromatic carbocycles. The number of ether oxygens (including phenoxy) is 2. The Bertz CT molecular complexity index is 985. The van der Waals surface area contributed by atoms with Crippen molar-refractivity contribution in [3.05, 3.63) is 83.9 Å². The fourth-order valence-electron chi connectivity index (χ4n) is 2.77. The molecule has 0 N–H and O–H groups in total. The number of nitrogens with zero attached hydrogens (tertiary/aromatic N) is 2. The van der Waals surface area contributed by atoms with Crippen LogP contribution in [0.4, 0.5) is 4.39 Å². The molecule has 0 fully saturated rings. The van der Waals surface area contributed by atoms with Crippen molar-refractivity contribution in [2.24, 2.45) is 0 Å². The number of amides is 1. The van der Waals surface area contributed by atoms with Crippen LogP contribution in [0.1, 0.15) is 15.9 Å². The Morgan fingerprint density at radius 3 is 2.38 bits per heavy atom. The first-order valence-electron chi connectivity index (χ1n) is 8.95. The Morgan fingerprint density at radius 1 is 1.07 bits per heavy atom. The van der Waals surface area contributed by atoms with Gasteiger partial charge in [-0.25, -0.2) is 9.18 Å². The number of halogens is 1. The number of carbonyl (C=O) groups excluding carboxylic acids is 2. The molecule has 0 spiro atoms. The number of rotatable bonds is 7. The van der Waals surface area contributed by atoms with E-state index in [4.69, 9.17) is 9.47 Å². The van der Waals surface area contributed by atoms with Crippen LogP contribution >= 0.6 is 0 Å². The smallest absolute Gasteiger partial charge is 0.338 e. The monoisotopic (exact) mass is 396 g/mol. The number of likely N-dealkylation sites (N-methyl/N-ethyl adjacent to an activating group) is 1. The Hall–Kier alpha value is -3.61. The molecule has 0 atom stereocenters. The topological polar surface area (TPSA) is 60.8 Å². The minimum Gasteiger partial charge on any atom is -0.494 e. The van der Waals surface area contributed by atoms with Crippen LogP contribution in [0, 0.1) is 5.82 Å². The van der Waals surface area contributed by atoms with Crippen LogP contribution in [0.3, 0.4) is 0 Å². The summed E-state index contributed by atoms with van der Waals surface area (Å²) in [7, 11) is 2.94. The quantitative estimate of drug-likeness (QED) is 0.574. The summed E-state index contributed by atoms with van der Waals surface area (Å²) in [5.41, 5.74) is 1.87. The molecule has 1 aromatic heterocycles. The summed E-state index contributed by atoms with van der Waals surface area (Å²) in [5, 5.41) is 0. The lowest BCUT2D eigenvalue weighted by Gasteiger charge is -2.17. The van der Waals surface area contributed by atoms with Crippen molar-refractivity contribution >= 4 is 11.9 Å². The van der Waals surface area contributed by atoms with Crippen LogP contribution in [0.25, 0.3) is 5.69 Å². The van der Waals surface area contributed by atoms with Crippen LogP contribution in [-0.4, -0.2) is 42.1 Å². The van der Waals surface area contributed by atoms with E-state index in [9.17, 15) is 14.0 Å². The van der Waals surface area contributed by atoms with Gasteiger partial charge < -0.3 is 18.9 Å². The van der Waals surface area contributed by atoms with Gasteiger partial charge in [-0.2, -0.15) is 0 Å². The second kappa shape index (κ2) is 9.05. The minimum absolute atomic E-state index is 0.138. The minimum atomic E-state index is -0.582. The Kier molecular flexibility index (Phi) is 6.29. The molecule has 0 aliphatic carbocycles. The van der Waals surface area contributed by atoms with E-state index in [1.165, 1.54) is 24.1 Å². The van der Waals surface area contributed by atoms with Crippen molar-refractivity contribution in [1.29, 1.82) is 0 Å². The first-order valence-corrected chi connectivity index (χ1v) is 8.95. The fourth-order valence-corrected chi connectivity index (χ4v) is 2.77. The summed E-state index contributed by atoms with van der Waals surface area (Å²) in [6.07, 6.45) is 3.80. The van der Waals surface area contributed by atoms with Gasteiger partial charge in [0.15, 0.2) is 18.2 Å². The second-order valence-electron chi connectivity index (χ2n) is 6.43. The molecule has 6 nitrogen and oxygen atoms in total. The van der Waals surface area contributed by atoms with E-state index in [0.717, 1.165) is 5.69 Å². The Labute approximate surface area is 168 Å². The lowest BCUT2D eigenvalue weighted by atomic mass is 10.2. The van der Waals surface area contributed by atoms with Crippen LogP contribution < -0.4 is 4.74 Å². The fraction of sp³-hybridized carbons (Fsp3) is 0.182. The summed E-state index contributed by atoms with van der Waals surface area (Å²) in [5.74, 6) is -1.33. The lowest BCUT2D eigenvalue weighted by Crippen LogP contribution is -2.30. The van der Waals surface area contributed by atoms with Gasteiger partial charge in [-0.05, 0) is 54.1 Å². The zero-order valence-corrected chi connectivity index (χ0v) is 16.2. The van der Waals surface area contributed by atoms with Crippen molar-refractivity contribution in [3.8, 4) is 11.4 Å². The van der Waals surface area contributed by atoms with E-state index >= 15 is 0 Å². The van der Waals surface area contributed by atoms with Crippen molar-refractivity contribution in [1.82, 2.24) is 9.47 Å². The summed E-state index contributed by atoms with van der Waals surface area (Å²) in [4.78, 5) is 25.8. The van der Waals surface area contributed by atoms with E-state index in [-0.39, 0.29) is 12.3 Å². The van der Waals surface area contributed by atoms with Gasteiger partial charge in [0.1, 0.15) is 0 Å². The molecular formula is C22H21FN2O4. The van der Waals surface area contributed by atoms with Gasteiger partial charge in [0, 0.05) is 31.7 Å². The van der Waals surface area contributed by atoms with Crippen LogP contribution in [-0.2, 0) is 16.1 Å². The molecule has 0 unspecified atom stereocenters. The molecule has 29 heavy (non-hydrogen) atoms. The van der Waals surface area contributed by atoms with Gasteiger partial charge in [-0.1, -0.05) is 6.07 Å². The number of carbonyl (C=O) groups is 2. The van der Waals surface area contributed by atoms with Gasteiger partial charge in [0.2, 0.25) is 0 Å². The van der Waals surface area contributed by atoms with Gasteiger partial charge in [0.25, 0.3) is 5.91 Å². The number of hydrogen-bond acceptors (Lipinski definition) is 4. The molecular weight excluding hydrogens is 375 g/mol. The van der Waals surface area contributed by atoms with Crippen molar-refractivity contribution in [3.63, 3.8) is 0 Å². The number of esters is 1. The van der Waals surface area contributed by atoms with E-state index in [1.807, 2.05) is 29.1 Å². The molecule has 7 heteroatoms. The number of hydrogen-bond donors (Lipinski definition) is 0. The Balaban J connectivity index is 1.52. The maximum absolute atomic E-state index is 13.8. The molecule has 3 aromatic rings. The van der Waals surface area contributed by atoms with Crippen molar-refractivity contribution in [2.45, 2.75) is 6.54 Å². The van der Waals surface area contributed by atoms with E-state index in [0.29, 0.717) is 11.1 Å². The molecule has 0 radical (unpaired) electrons. The maximum atomic E-state index is 13.8. The third-order valence-corrected chi connectivity index (χ3v) is 4.39. The third kappa shape index (κ3) is 5.01. The first-order chi connectivity index (χ1) is 14.0. The molecule has 0 saturated heterocycles. The zero-order chi connectivity index (χ0) is 20.8. The SMILES string of the molecule is COc1ccc(CN(C)C(=O)COC(=O)c2ccc(-n3cccc3)cc2)cc1F. The van der Waals surface area contributed by atoms with Crippen molar-refractivity contribution in [2.75, 3.05) is 20.8 Å². The van der Waals surface area contributed by atoms with Crippen LogP contribution in [0.5, 0.6) is 5.75 Å². The zero-order valence-electron chi connectivity index (χ0n) is 16.2. The van der Waals surface area contributed by atoms with E-state index in [2.05, 4.69) is 0 Å². The van der Waals surface area contributed by atoms with E-state index < -0.39 is 24.3 Å². The highest BCUT2D eigenvalue weighted by Gasteiger charge is 2.15. The molecule has 1 heterocycles. The number of aromatic nitrogens is 1. The highest BCUT2D eigenvalue weighted by molar-refractivity contribution is 5.91. The maximum Gasteiger partial charge on any atom is 0.338 e. The number of benzene rings is 2. The second-order valence-corrected chi connectivity index (χ2v) is 6.43. The van der Waals surface area contributed by atoms with E-state index in [1.54, 1.807) is 37.4 Å². The highest BCUT2D eigenvalue weighted by Crippen LogP contribution is 2.18. The molecule has 1 amide bonds. The summed E-state index contributed by atoms with van der Waals surface area (Å²) < 4.78 is 25.7. The average Bonchev–Trinajstić information content (AvgIpc) is 3.27. The van der Waals surface area contributed by atoms with Crippen molar-refractivity contribution < 1.29 is 23.5 Å². The molecule has 0 aliphatic heterocycles. The first kappa shape index (κ1) is 20.1. The van der Waals surface area contributed by atoms with Gasteiger partial charge in [-0.3, -0.25) is 4.79 Å². The standard InChI is InChI=1S/C22H21FN2O4/c1-24(14-16-5-10-20(28-2)19(23)13-16)21(26)15-29-22(27)17-6-8-18(9-7-17)25-11-3-4-12-25/h3-13H,14-15H2,1-2H3. The number of methoxy groups -OCH3 is 1. The van der Waals surface area contributed by atoms with Crippen LogP contribution in [0.2, 0.25) is 0 Å². The third-order valence-electron chi connectivity index (χ3n) is 4.39. The summed E-state index contributed by atoms with van der Waals surface area (Å²) >= 11 is 0. The predicted molar refractivity (Wildman–Crippen MR) is 105 cm³/mol. The predicted octanol–water partition coefficient (Wildman–Crippen LogP) is 3.44. The molecule has 150 valence electrons. The molecule has 0 aliphatic rings. The van der Waals surface area contributed by atoms with Crippen LogP contribution in [0.15, 0.2) is 67.0 Å². The highest BCUT2D eigenvalue weighted by atomic mass is 19.1. The molecule has 3 rings (SSSR count). The van der Waals surface area contributed by atoms with Gasteiger partial charge in [0.05, 0.1) is 12.7 Å². The molecule has 0 saturated carbocycles. The average molecular weight is 396 g/mol. The van der Waals surface area contributed by atoms with Gasteiger partial charge in [-0.15, -0.1) is 0 Å². The molecule has 0 bridgehead atoms. The summed E-state index contributed by atoms with van der Waals surface area (Å²) in [6.45, 7) is -0.212.